The van der Waals surface area contributed by atoms with Crippen LogP contribution in [0, 0.1) is 11.7 Å². The molecule has 2 aliphatic rings. The molecule has 1 aromatic rings. The molecular formula is C17H24BFO4. The molecule has 126 valence electrons. The zero-order valence-corrected chi connectivity index (χ0v) is 14.4. The van der Waals surface area contributed by atoms with Crippen molar-refractivity contribution in [1.29, 1.82) is 0 Å². The third kappa shape index (κ3) is 3.19. The molecule has 6 heteroatoms. The van der Waals surface area contributed by atoms with Gasteiger partial charge in [-0.05, 0) is 52.5 Å². The van der Waals surface area contributed by atoms with Gasteiger partial charge in [0, 0.05) is 11.5 Å². The number of halogens is 1. The van der Waals surface area contributed by atoms with E-state index in [1.807, 2.05) is 27.7 Å². The molecule has 1 heterocycles. The number of hydrogen-bond donors (Lipinski definition) is 0. The van der Waals surface area contributed by atoms with Crippen molar-refractivity contribution in [2.45, 2.75) is 51.7 Å². The summed E-state index contributed by atoms with van der Waals surface area (Å²) in [5.74, 6) is 0.757. The van der Waals surface area contributed by atoms with Crippen molar-refractivity contribution in [2.24, 2.45) is 5.92 Å². The van der Waals surface area contributed by atoms with Gasteiger partial charge < -0.3 is 18.8 Å². The zero-order valence-electron chi connectivity index (χ0n) is 14.4. The van der Waals surface area contributed by atoms with Crippen LogP contribution < -0.4 is 14.9 Å². The standard InChI is InChI=1S/C17H24BFO4/c1-16(2)17(3,4)23-18(22-16)12-8-15(20-5)13(19)9-14(12)21-10-11-6-7-11/h8-9,11H,6-7,10H2,1-5H3. The highest BCUT2D eigenvalue weighted by atomic mass is 19.1. The van der Waals surface area contributed by atoms with E-state index in [1.54, 1.807) is 6.07 Å². The lowest BCUT2D eigenvalue weighted by Crippen LogP contribution is -2.41. The Morgan fingerprint density at radius 2 is 1.74 bits per heavy atom. The van der Waals surface area contributed by atoms with E-state index in [0.717, 1.165) is 0 Å². The van der Waals surface area contributed by atoms with Gasteiger partial charge in [0.15, 0.2) is 11.6 Å². The quantitative estimate of drug-likeness (QED) is 0.781. The number of hydrogen-bond acceptors (Lipinski definition) is 4. The minimum absolute atomic E-state index is 0.161. The summed E-state index contributed by atoms with van der Waals surface area (Å²) in [5.41, 5.74) is -0.261. The molecule has 1 aliphatic heterocycles. The largest absolute Gasteiger partial charge is 0.498 e. The predicted molar refractivity (Wildman–Crippen MR) is 86.9 cm³/mol. The summed E-state index contributed by atoms with van der Waals surface area (Å²) in [4.78, 5) is 0. The van der Waals surface area contributed by atoms with Crippen molar-refractivity contribution in [1.82, 2.24) is 0 Å². The lowest BCUT2D eigenvalue weighted by Gasteiger charge is -2.32. The van der Waals surface area contributed by atoms with E-state index in [2.05, 4.69) is 0 Å². The molecule has 0 radical (unpaired) electrons. The van der Waals surface area contributed by atoms with Crippen LogP contribution in [0.5, 0.6) is 11.5 Å². The number of methoxy groups -OCH3 is 1. The second-order valence-corrected chi connectivity index (χ2v) is 7.37. The molecule has 1 saturated carbocycles. The molecule has 4 nitrogen and oxygen atoms in total. The molecule has 0 atom stereocenters. The maximum absolute atomic E-state index is 14.1. The van der Waals surface area contributed by atoms with Crippen LogP contribution in [-0.2, 0) is 9.31 Å². The van der Waals surface area contributed by atoms with Crippen molar-refractivity contribution >= 4 is 12.6 Å². The summed E-state index contributed by atoms with van der Waals surface area (Å²) in [6.45, 7) is 8.53. The third-order valence-corrected chi connectivity index (χ3v) is 4.96. The summed E-state index contributed by atoms with van der Waals surface area (Å²) in [7, 11) is 0.834. The molecule has 0 N–H and O–H groups in total. The average Bonchev–Trinajstić information content (AvgIpc) is 3.24. The third-order valence-electron chi connectivity index (χ3n) is 4.96. The Morgan fingerprint density at radius 1 is 1.13 bits per heavy atom. The van der Waals surface area contributed by atoms with Gasteiger partial charge in [0.2, 0.25) is 0 Å². The van der Waals surface area contributed by atoms with Crippen LogP contribution in [0.2, 0.25) is 0 Å². The second-order valence-electron chi connectivity index (χ2n) is 7.37. The van der Waals surface area contributed by atoms with Crippen LogP contribution in [0.1, 0.15) is 40.5 Å². The van der Waals surface area contributed by atoms with E-state index >= 15 is 0 Å². The molecule has 0 spiro atoms. The summed E-state index contributed by atoms with van der Waals surface area (Å²) in [6, 6.07) is 2.97. The maximum atomic E-state index is 14.1. The molecule has 23 heavy (non-hydrogen) atoms. The first-order valence-corrected chi connectivity index (χ1v) is 8.09. The van der Waals surface area contributed by atoms with Gasteiger partial charge in [-0.1, -0.05) is 0 Å². The Bertz CT molecular complexity index is 583. The molecule has 0 amide bonds. The number of rotatable bonds is 5. The van der Waals surface area contributed by atoms with E-state index in [9.17, 15) is 4.39 Å². The molecular weight excluding hydrogens is 298 g/mol. The lowest BCUT2D eigenvalue weighted by atomic mass is 9.78. The van der Waals surface area contributed by atoms with Gasteiger partial charge in [-0.15, -0.1) is 0 Å². The highest BCUT2D eigenvalue weighted by Crippen LogP contribution is 2.38. The Labute approximate surface area is 137 Å². The van der Waals surface area contributed by atoms with Crippen LogP contribution in [-0.4, -0.2) is 32.0 Å². The Kier molecular flexibility index (Phi) is 4.09. The van der Waals surface area contributed by atoms with Crippen molar-refractivity contribution < 1.29 is 23.2 Å². The first-order valence-electron chi connectivity index (χ1n) is 8.09. The molecule has 3 rings (SSSR count). The molecule has 1 aromatic carbocycles. The van der Waals surface area contributed by atoms with E-state index in [4.69, 9.17) is 18.8 Å². The van der Waals surface area contributed by atoms with Crippen molar-refractivity contribution in [3.05, 3.63) is 17.9 Å². The molecule has 0 unspecified atom stereocenters. The van der Waals surface area contributed by atoms with E-state index in [-0.39, 0.29) is 5.75 Å². The van der Waals surface area contributed by atoms with Gasteiger partial charge in [-0.2, -0.15) is 0 Å². The highest BCUT2D eigenvalue weighted by molar-refractivity contribution is 6.63. The average molecular weight is 322 g/mol. The maximum Gasteiger partial charge on any atom is 0.498 e. The summed E-state index contributed by atoms with van der Waals surface area (Å²) in [5, 5.41) is 0. The number of benzene rings is 1. The minimum Gasteiger partial charge on any atom is -0.494 e. The fraction of sp³-hybridized carbons (Fsp3) is 0.647. The summed E-state index contributed by atoms with van der Waals surface area (Å²) < 4.78 is 37.2. The van der Waals surface area contributed by atoms with Crippen molar-refractivity contribution in [3.63, 3.8) is 0 Å². The Balaban J connectivity index is 1.92. The van der Waals surface area contributed by atoms with Gasteiger partial charge in [-0.25, -0.2) is 4.39 Å². The number of ether oxygens (including phenoxy) is 2. The van der Waals surface area contributed by atoms with Crippen molar-refractivity contribution in [3.8, 4) is 11.5 Å². The lowest BCUT2D eigenvalue weighted by molar-refractivity contribution is 0.00578. The van der Waals surface area contributed by atoms with Gasteiger partial charge in [0.1, 0.15) is 5.75 Å². The molecule has 2 fully saturated rings. The van der Waals surface area contributed by atoms with Crippen LogP contribution in [0.25, 0.3) is 0 Å². The van der Waals surface area contributed by atoms with E-state index in [1.165, 1.54) is 26.0 Å². The highest BCUT2D eigenvalue weighted by Gasteiger charge is 2.52. The van der Waals surface area contributed by atoms with Crippen LogP contribution in [0.4, 0.5) is 4.39 Å². The summed E-state index contributed by atoms with van der Waals surface area (Å²) >= 11 is 0. The topological polar surface area (TPSA) is 36.9 Å². The zero-order chi connectivity index (χ0) is 16.8. The first kappa shape index (κ1) is 16.6. The molecule has 1 aliphatic carbocycles. The van der Waals surface area contributed by atoms with Gasteiger partial charge in [-0.3, -0.25) is 0 Å². The minimum atomic E-state index is -0.608. The first-order chi connectivity index (χ1) is 10.7. The molecule has 0 aromatic heterocycles. The predicted octanol–water partition coefficient (Wildman–Crippen LogP) is 2.92. The smallest absolute Gasteiger partial charge is 0.494 e. The van der Waals surface area contributed by atoms with Crippen LogP contribution >= 0.6 is 0 Å². The fourth-order valence-corrected chi connectivity index (χ4v) is 2.48. The SMILES string of the molecule is COc1cc(B2OC(C)(C)C(C)(C)O2)c(OCC2CC2)cc1F. The van der Waals surface area contributed by atoms with Crippen LogP contribution in [0.15, 0.2) is 12.1 Å². The van der Waals surface area contributed by atoms with Gasteiger partial charge >= 0.3 is 7.12 Å². The fourth-order valence-electron chi connectivity index (χ4n) is 2.48. The monoisotopic (exact) mass is 322 g/mol. The van der Waals surface area contributed by atoms with Gasteiger partial charge in [0.25, 0.3) is 0 Å². The Hall–Kier alpha value is -1.27. The normalized spacial score (nSPS) is 22.3. The van der Waals surface area contributed by atoms with E-state index < -0.39 is 24.1 Å². The molecule has 0 bridgehead atoms. The van der Waals surface area contributed by atoms with Crippen LogP contribution in [0.3, 0.4) is 0 Å². The van der Waals surface area contributed by atoms with E-state index in [0.29, 0.717) is 23.7 Å². The van der Waals surface area contributed by atoms with Crippen molar-refractivity contribution in [2.75, 3.05) is 13.7 Å². The van der Waals surface area contributed by atoms with Gasteiger partial charge in [0.05, 0.1) is 24.9 Å². The second kappa shape index (κ2) is 5.67. The Morgan fingerprint density at radius 3 is 2.26 bits per heavy atom. The molecule has 1 saturated heterocycles. The summed E-state index contributed by atoms with van der Waals surface area (Å²) in [6.07, 6.45) is 2.34.